The zero-order chi connectivity index (χ0) is 15.7. The van der Waals surface area contributed by atoms with Gasteiger partial charge in [0.1, 0.15) is 12.4 Å². The Morgan fingerprint density at radius 1 is 1.13 bits per heavy atom. The van der Waals surface area contributed by atoms with Crippen molar-refractivity contribution in [1.82, 2.24) is 10.3 Å². The van der Waals surface area contributed by atoms with Crippen molar-refractivity contribution in [2.75, 3.05) is 6.54 Å². The van der Waals surface area contributed by atoms with Crippen molar-refractivity contribution in [3.05, 3.63) is 53.9 Å². The Morgan fingerprint density at radius 2 is 1.87 bits per heavy atom. The Bertz CT molecular complexity index is 775. The van der Waals surface area contributed by atoms with E-state index in [9.17, 15) is 18.0 Å². The van der Waals surface area contributed by atoms with Crippen molar-refractivity contribution < 1.29 is 18.0 Å². The van der Waals surface area contributed by atoms with E-state index >= 15 is 0 Å². The number of hydrogen-bond donors (Lipinski definition) is 1. The van der Waals surface area contributed by atoms with Gasteiger partial charge >= 0.3 is 6.18 Å². The number of nitrogens with one attached hydrogen (secondary N) is 1. The molecular weight excluding hydrogens is 331 g/mol. The molecule has 0 saturated carbocycles. The van der Waals surface area contributed by atoms with Crippen molar-refractivity contribution in [2.24, 2.45) is 4.99 Å². The normalized spacial score (nSPS) is 14.0. The average molecular weight is 342 g/mol. The highest BCUT2D eigenvalue weighted by atomic mass is 35.5. The maximum atomic E-state index is 13.1. The SMILES string of the molecule is Cl.O=C1CN=C(c2cccc(-c3cnccc3C(F)(F)F)c2)N1. The van der Waals surface area contributed by atoms with Crippen LogP contribution in [0, 0.1) is 0 Å². The highest BCUT2D eigenvalue weighted by Gasteiger charge is 2.33. The second-order valence-corrected chi connectivity index (χ2v) is 4.71. The van der Waals surface area contributed by atoms with Crippen LogP contribution >= 0.6 is 12.4 Å². The van der Waals surface area contributed by atoms with Gasteiger partial charge in [0.15, 0.2) is 0 Å². The molecule has 0 fully saturated rings. The number of nitrogens with zero attached hydrogens (tertiary/aromatic N) is 2. The third-order valence-electron chi connectivity index (χ3n) is 3.21. The zero-order valence-corrected chi connectivity index (χ0v) is 12.4. The van der Waals surface area contributed by atoms with Crippen molar-refractivity contribution in [3.8, 4) is 11.1 Å². The minimum atomic E-state index is -4.46. The van der Waals surface area contributed by atoms with Crippen LogP contribution in [0.4, 0.5) is 13.2 Å². The van der Waals surface area contributed by atoms with Crippen LogP contribution in [0.15, 0.2) is 47.7 Å². The Labute approximate surface area is 135 Å². The lowest BCUT2D eigenvalue weighted by molar-refractivity contribution is -0.137. The minimum Gasteiger partial charge on any atom is -0.309 e. The van der Waals surface area contributed by atoms with Crippen LogP contribution < -0.4 is 5.32 Å². The monoisotopic (exact) mass is 341 g/mol. The maximum Gasteiger partial charge on any atom is 0.417 e. The average Bonchev–Trinajstić information content (AvgIpc) is 2.93. The molecule has 1 aromatic carbocycles. The molecule has 120 valence electrons. The van der Waals surface area contributed by atoms with Gasteiger partial charge in [-0.25, -0.2) is 0 Å². The Kier molecular flexibility index (Phi) is 4.70. The van der Waals surface area contributed by atoms with Crippen LogP contribution in [0.5, 0.6) is 0 Å². The van der Waals surface area contributed by atoms with Gasteiger partial charge < -0.3 is 5.32 Å². The van der Waals surface area contributed by atoms with Crippen LogP contribution in [0.3, 0.4) is 0 Å². The summed E-state index contributed by atoms with van der Waals surface area (Å²) in [6, 6.07) is 7.35. The second-order valence-electron chi connectivity index (χ2n) is 4.71. The molecule has 0 aliphatic carbocycles. The van der Waals surface area contributed by atoms with Crippen LogP contribution in [0.2, 0.25) is 0 Å². The molecule has 0 atom stereocenters. The van der Waals surface area contributed by atoms with E-state index in [2.05, 4.69) is 15.3 Å². The lowest BCUT2D eigenvalue weighted by Gasteiger charge is -2.13. The molecule has 8 heteroatoms. The number of rotatable bonds is 2. The molecule has 1 N–H and O–H groups in total. The summed E-state index contributed by atoms with van der Waals surface area (Å²) in [7, 11) is 0. The van der Waals surface area contributed by atoms with E-state index in [0.29, 0.717) is 17.0 Å². The van der Waals surface area contributed by atoms with E-state index in [-0.39, 0.29) is 30.4 Å². The lowest BCUT2D eigenvalue weighted by atomic mass is 9.99. The molecule has 3 rings (SSSR count). The number of amidine groups is 1. The van der Waals surface area contributed by atoms with Crippen LogP contribution in [0.25, 0.3) is 11.1 Å². The number of amides is 1. The molecule has 1 aliphatic heterocycles. The molecule has 0 spiro atoms. The molecule has 0 radical (unpaired) electrons. The molecular formula is C15H11ClF3N3O. The van der Waals surface area contributed by atoms with Crippen molar-refractivity contribution in [1.29, 1.82) is 0 Å². The van der Waals surface area contributed by atoms with Crippen LogP contribution in [-0.4, -0.2) is 23.3 Å². The molecule has 0 bridgehead atoms. The number of halogens is 4. The summed E-state index contributed by atoms with van der Waals surface area (Å²) in [5.41, 5.74) is 0.154. The summed E-state index contributed by atoms with van der Waals surface area (Å²) >= 11 is 0. The van der Waals surface area contributed by atoms with Crippen LogP contribution in [-0.2, 0) is 11.0 Å². The number of alkyl halides is 3. The summed E-state index contributed by atoms with van der Waals surface area (Å²) in [5.74, 6) is 0.127. The summed E-state index contributed by atoms with van der Waals surface area (Å²) in [6.07, 6.45) is -2.18. The predicted molar refractivity (Wildman–Crippen MR) is 81.5 cm³/mol. The fourth-order valence-corrected chi connectivity index (χ4v) is 2.23. The van der Waals surface area contributed by atoms with Gasteiger partial charge in [-0.1, -0.05) is 18.2 Å². The maximum absolute atomic E-state index is 13.1. The van der Waals surface area contributed by atoms with E-state index in [1.54, 1.807) is 24.3 Å². The molecule has 4 nitrogen and oxygen atoms in total. The Morgan fingerprint density at radius 3 is 2.52 bits per heavy atom. The largest absolute Gasteiger partial charge is 0.417 e. The first-order valence-electron chi connectivity index (χ1n) is 6.41. The van der Waals surface area contributed by atoms with Crippen molar-refractivity contribution >= 4 is 24.1 Å². The summed E-state index contributed by atoms with van der Waals surface area (Å²) in [4.78, 5) is 19.0. The number of hydrogen-bond acceptors (Lipinski definition) is 3. The number of benzene rings is 1. The quantitative estimate of drug-likeness (QED) is 0.912. The zero-order valence-electron chi connectivity index (χ0n) is 11.6. The lowest BCUT2D eigenvalue weighted by Crippen LogP contribution is -2.25. The van der Waals surface area contributed by atoms with E-state index in [4.69, 9.17) is 0 Å². The first kappa shape index (κ1) is 17.0. The fourth-order valence-electron chi connectivity index (χ4n) is 2.23. The fraction of sp³-hybridized carbons (Fsp3) is 0.133. The van der Waals surface area contributed by atoms with Gasteiger partial charge in [-0.2, -0.15) is 13.2 Å². The van der Waals surface area contributed by atoms with Gasteiger partial charge in [-0.05, 0) is 17.7 Å². The minimum absolute atomic E-state index is 0. The van der Waals surface area contributed by atoms with Crippen molar-refractivity contribution in [3.63, 3.8) is 0 Å². The molecule has 1 aliphatic rings. The number of aliphatic imine (C=N–C) groups is 1. The summed E-state index contributed by atoms with van der Waals surface area (Å²) < 4.78 is 39.2. The Balaban J connectivity index is 0.00000192. The first-order valence-corrected chi connectivity index (χ1v) is 6.41. The molecule has 23 heavy (non-hydrogen) atoms. The van der Waals surface area contributed by atoms with Gasteiger partial charge in [0.2, 0.25) is 5.91 Å². The molecule has 0 saturated heterocycles. The number of carbonyl (C=O) groups is 1. The smallest absolute Gasteiger partial charge is 0.309 e. The number of pyridine rings is 1. The predicted octanol–water partition coefficient (Wildman–Crippen LogP) is 3.07. The van der Waals surface area contributed by atoms with E-state index < -0.39 is 11.7 Å². The molecule has 2 aromatic rings. The summed E-state index contributed by atoms with van der Waals surface area (Å²) in [6.45, 7) is 0.0280. The standard InChI is InChI=1S/C15H10F3N3O.ClH/c16-15(17,18)12-4-5-19-7-11(12)9-2-1-3-10(6-9)14-20-8-13(22)21-14;/h1-7H,8H2,(H,20,21,22);1H. The van der Waals surface area contributed by atoms with Gasteiger partial charge in [-0.3, -0.25) is 14.8 Å². The third kappa shape index (κ3) is 3.50. The second kappa shape index (κ2) is 6.37. The van der Waals surface area contributed by atoms with E-state index in [1.807, 2.05) is 0 Å². The number of carbonyl (C=O) groups excluding carboxylic acids is 1. The highest BCUT2D eigenvalue weighted by Crippen LogP contribution is 2.36. The number of aromatic nitrogens is 1. The third-order valence-corrected chi connectivity index (χ3v) is 3.21. The highest BCUT2D eigenvalue weighted by molar-refractivity contribution is 6.12. The van der Waals surface area contributed by atoms with Gasteiger partial charge in [-0.15, -0.1) is 12.4 Å². The first-order chi connectivity index (χ1) is 10.4. The van der Waals surface area contributed by atoms with Gasteiger partial charge in [0, 0.05) is 23.5 Å². The molecule has 1 aromatic heterocycles. The van der Waals surface area contributed by atoms with Gasteiger partial charge in [0.05, 0.1) is 5.56 Å². The van der Waals surface area contributed by atoms with Crippen molar-refractivity contribution in [2.45, 2.75) is 6.18 Å². The Hall–Kier alpha value is -2.41. The van der Waals surface area contributed by atoms with E-state index in [1.165, 1.54) is 6.20 Å². The molecule has 1 amide bonds. The molecule has 0 unspecified atom stereocenters. The van der Waals surface area contributed by atoms with E-state index in [0.717, 1.165) is 12.3 Å². The summed E-state index contributed by atoms with van der Waals surface area (Å²) in [5, 5.41) is 2.57. The topological polar surface area (TPSA) is 54.4 Å². The van der Waals surface area contributed by atoms with Gasteiger partial charge in [0.25, 0.3) is 0 Å². The van der Waals surface area contributed by atoms with Crippen LogP contribution in [0.1, 0.15) is 11.1 Å². The molecule has 2 heterocycles.